The number of nitrogens with zero attached hydrogens (tertiary/aromatic N) is 1. The van der Waals surface area contributed by atoms with Gasteiger partial charge in [-0.2, -0.15) is 0 Å². The summed E-state index contributed by atoms with van der Waals surface area (Å²) >= 11 is 4.73. The van der Waals surface area contributed by atoms with Crippen LogP contribution in [0.4, 0.5) is 0 Å². The third kappa shape index (κ3) is 2.93. The Labute approximate surface area is 99.7 Å². The zero-order valence-corrected chi connectivity index (χ0v) is 10.0. The Hall–Kier alpha value is -1.62. The fraction of sp³-hybridized carbons (Fsp3) is 0.273. The van der Waals surface area contributed by atoms with E-state index >= 15 is 0 Å². The maximum absolute atomic E-state index is 11.9. The number of thiocarbonyl (C=S) groups is 1. The van der Waals surface area contributed by atoms with Gasteiger partial charge in [-0.3, -0.25) is 4.79 Å². The maximum atomic E-state index is 11.9. The third-order valence-corrected chi connectivity index (χ3v) is 2.31. The second-order valence-electron chi connectivity index (χ2n) is 3.63. The molecule has 0 fully saturated rings. The minimum atomic E-state index is -0.170. The van der Waals surface area contributed by atoms with Crippen LogP contribution in [0.15, 0.2) is 18.2 Å². The van der Waals surface area contributed by atoms with Gasteiger partial charge in [0.05, 0.1) is 11.5 Å². The van der Waals surface area contributed by atoms with Crippen LogP contribution in [0, 0.1) is 6.92 Å². The summed E-state index contributed by atoms with van der Waals surface area (Å²) in [6.07, 6.45) is 0. The second-order valence-corrected chi connectivity index (χ2v) is 4.15. The van der Waals surface area contributed by atoms with Gasteiger partial charge in [0.1, 0.15) is 5.75 Å². The zero-order chi connectivity index (χ0) is 12.3. The first-order valence-electron chi connectivity index (χ1n) is 4.75. The standard InChI is InChI=1S/C11H14N2O2S/c1-7-5-8(3-4-9(7)14)11(15)13(2)6-10(12)16/h3-5,14H,6H2,1-2H3,(H2,12,16). The minimum Gasteiger partial charge on any atom is -0.508 e. The van der Waals surface area contributed by atoms with Gasteiger partial charge < -0.3 is 15.7 Å². The predicted octanol–water partition coefficient (Wildman–Crippen LogP) is 1.06. The molecule has 1 amide bonds. The van der Waals surface area contributed by atoms with E-state index in [4.69, 9.17) is 18.0 Å². The molecule has 1 rings (SSSR count). The number of carbonyl (C=O) groups is 1. The van der Waals surface area contributed by atoms with E-state index in [1.807, 2.05) is 0 Å². The van der Waals surface area contributed by atoms with E-state index < -0.39 is 0 Å². The van der Waals surface area contributed by atoms with E-state index in [0.29, 0.717) is 11.1 Å². The van der Waals surface area contributed by atoms with E-state index in [1.54, 1.807) is 26.1 Å². The molecule has 0 atom stereocenters. The number of phenols is 1. The second kappa shape index (κ2) is 4.94. The van der Waals surface area contributed by atoms with E-state index in [0.717, 1.165) is 0 Å². The number of benzene rings is 1. The third-order valence-electron chi connectivity index (χ3n) is 2.18. The number of aryl methyl sites for hydroxylation is 1. The lowest BCUT2D eigenvalue weighted by Crippen LogP contribution is -2.34. The van der Waals surface area contributed by atoms with E-state index in [-0.39, 0.29) is 23.2 Å². The molecule has 0 radical (unpaired) electrons. The van der Waals surface area contributed by atoms with Crippen LogP contribution in [0.2, 0.25) is 0 Å². The number of likely N-dealkylation sites (N-methyl/N-ethyl adjacent to an activating group) is 1. The zero-order valence-electron chi connectivity index (χ0n) is 9.23. The molecule has 0 spiro atoms. The highest BCUT2D eigenvalue weighted by molar-refractivity contribution is 7.80. The fourth-order valence-corrected chi connectivity index (χ4v) is 1.51. The van der Waals surface area contributed by atoms with Gasteiger partial charge in [0.25, 0.3) is 5.91 Å². The predicted molar refractivity (Wildman–Crippen MR) is 66.6 cm³/mol. The molecule has 0 heterocycles. The molecule has 3 N–H and O–H groups in total. The van der Waals surface area contributed by atoms with Gasteiger partial charge in [0.2, 0.25) is 0 Å². The summed E-state index contributed by atoms with van der Waals surface area (Å²) in [5, 5.41) is 9.34. The van der Waals surface area contributed by atoms with Gasteiger partial charge in [-0.1, -0.05) is 12.2 Å². The number of rotatable bonds is 3. The SMILES string of the molecule is Cc1cc(C(=O)N(C)CC(N)=S)ccc1O. The number of carbonyl (C=O) groups excluding carboxylic acids is 1. The highest BCUT2D eigenvalue weighted by atomic mass is 32.1. The molecule has 16 heavy (non-hydrogen) atoms. The lowest BCUT2D eigenvalue weighted by atomic mass is 10.1. The van der Waals surface area contributed by atoms with Crippen LogP contribution in [-0.4, -0.2) is 34.5 Å². The molecule has 4 nitrogen and oxygen atoms in total. The molecule has 0 saturated heterocycles. The van der Waals surface area contributed by atoms with E-state index in [1.165, 1.54) is 11.0 Å². The lowest BCUT2D eigenvalue weighted by molar-refractivity contribution is 0.0815. The first kappa shape index (κ1) is 12.4. The van der Waals surface area contributed by atoms with Gasteiger partial charge >= 0.3 is 0 Å². The molecule has 0 aliphatic carbocycles. The largest absolute Gasteiger partial charge is 0.508 e. The Bertz CT molecular complexity index is 432. The Morgan fingerprint density at radius 1 is 1.56 bits per heavy atom. The van der Waals surface area contributed by atoms with Gasteiger partial charge in [-0.15, -0.1) is 0 Å². The van der Waals surface area contributed by atoms with Crippen LogP contribution >= 0.6 is 12.2 Å². The van der Waals surface area contributed by atoms with Crippen LogP contribution in [0.3, 0.4) is 0 Å². The highest BCUT2D eigenvalue weighted by Crippen LogP contribution is 2.17. The number of hydrogen-bond donors (Lipinski definition) is 2. The number of phenolic OH excluding ortho intramolecular Hbond substituents is 1. The number of amides is 1. The van der Waals surface area contributed by atoms with Crippen LogP contribution in [0.5, 0.6) is 5.75 Å². The fourth-order valence-electron chi connectivity index (χ4n) is 1.31. The van der Waals surface area contributed by atoms with Gasteiger partial charge in [0, 0.05) is 12.6 Å². The molecule has 1 aromatic carbocycles. The quantitative estimate of drug-likeness (QED) is 0.773. The van der Waals surface area contributed by atoms with Crippen molar-refractivity contribution < 1.29 is 9.90 Å². The van der Waals surface area contributed by atoms with Crippen molar-refractivity contribution in [3.63, 3.8) is 0 Å². The summed E-state index contributed by atoms with van der Waals surface area (Å²) in [6, 6.07) is 4.70. The van der Waals surface area contributed by atoms with Crippen molar-refractivity contribution in [3.8, 4) is 5.75 Å². The summed E-state index contributed by atoms with van der Waals surface area (Å²) in [7, 11) is 1.63. The molecule has 0 unspecified atom stereocenters. The minimum absolute atomic E-state index is 0.170. The first-order chi connectivity index (χ1) is 7.41. The van der Waals surface area contributed by atoms with Crippen molar-refractivity contribution in [2.75, 3.05) is 13.6 Å². The Morgan fingerprint density at radius 2 is 2.19 bits per heavy atom. The van der Waals surface area contributed by atoms with Crippen molar-refractivity contribution in [1.82, 2.24) is 4.90 Å². The first-order valence-corrected chi connectivity index (χ1v) is 5.16. The monoisotopic (exact) mass is 238 g/mol. The average Bonchev–Trinajstić information content (AvgIpc) is 2.20. The molecule has 0 bridgehead atoms. The van der Waals surface area contributed by atoms with Crippen molar-refractivity contribution in [2.45, 2.75) is 6.92 Å². The number of nitrogens with two attached hydrogens (primary N) is 1. The lowest BCUT2D eigenvalue weighted by Gasteiger charge is -2.16. The topological polar surface area (TPSA) is 66.6 Å². The van der Waals surface area contributed by atoms with Crippen LogP contribution in [0.1, 0.15) is 15.9 Å². The Kier molecular flexibility index (Phi) is 3.84. The summed E-state index contributed by atoms with van der Waals surface area (Å²) in [5.41, 5.74) is 6.53. The number of aromatic hydroxyl groups is 1. The van der Waals surface area contributed by atoms with Crippen molar-refractivity contribution in [1.29, 1.82) is 0 Å². The Balaban J connectivity index is 2.88. The van der Waals surface area contributed by atoms with Crippen molar-refractivity contribution in [3.05, 3.63) is 29.3 Å². The van der Waals surface area contributed by atoms with E-state index in [9.17, 15) is 9.90 Å². The Morgan fingerprint density at radius 3 is 2.69 bits per heavy atom. The summed E-state index contributed by atoms with van der Waals surface area (Å²) in [5.74, 6) is 0.00412. The molecule has 0 aliphatic rings. The maximum Gasteiger partial charge on any atom is 0.253 e. The molecule has 0 saturated carbocycles. The van der Waals surface area contributed by atoms with Gasteiger partial charge in [-0.05, 0) is 30.7 Å². The van der Waals surface area contributed by atoms with Gasteiger partial charge in [0.15, 0.2) is 0 Å². The average molecular weight is 238 g/mol. The summed E-state index contributed by atoms with van der Waals surface area (Å²) in [6.45, 7) is 1.98. The highest BCUT2D eigenvalue weighted by Gasteiger charge is 2.12. The molecular formula is C11H14N2O2S. The van der Waals surface area contributed by atoms with Crippen LogP contribution < -0.4 is 5.73 Å². The molecule has 5 heteroatoms. The van der Waals surface area contributed by atoms with Crippen molar-refractivity contribution in [2.24, 2.45) is 5.73 Å². The summed E-state index contributed by atoms with van der Waals surface area (Å²) in [4.78, 5) is 13.6. The molecule has 0 aliphatic heterocycles. The smallest absolute Gasteiger partial charge is 0.253 e. The number of hydrogen-bond acceptors (Lipinski definition) is 3. The molecule has 0 aromatic heterocycles. The molecule has 1 aromatic rings. The normalized spacial score (nSPS) is 9.88. The van der Waals surface area contributed by atoms with Crippen molar-refractivity contribution >= 4 is 23.1 Å². The molecular weight excluding hydrogens is 224 g/mol. The molecule has 86 valence electrons. The summed E-state index contributed by atoms with van der Waals surface area (Å²) < 4.78 is 0. The van der Waals surface area contributed by atoms with Crippen LogP contribution in [0.25, 0.3) is 0 Å². The van der Waals surface area contributed by atoms with Gasteiger partial charge in [-0.25, -0.2) is 0 Å². The van der Waals surface area contributed by atoms with E-state index in [2.05, 4.69) is 0 Å². The van der Waals surface area contributed by atoms with Crippen LogP contribution in [-0.2, 0) is 0 Å².